The quantitative estimate of drug-likeness (QED) is 0.605. The molecular weight excluding hydrogens is 182 g/mol. The van der Waals surface area contributed by atoms with E-state index in [1.807, 2.05) is 41.2 Å². The van der Waals surface area contributed by atoms with Crippen molar-refractivity contribution in [1.82, 2.24) is 0 Å². The van der Waals surface area contributed by atoms with Crippen molar-refractivity contribution in [2.75, 3.05) is 0 Å². The van der Waals surface area contributed by atoms with Crippen molar-refractivity contribution in [3.05, 3.63) is 59.9 Å². The predicted octanol–water partition coefficient (Wildman–Crippen LogP) is 2.22. The molecule has 1 aromatic heterocycles. The molecule has 13 heavy (non-hydrogen) atoms. The summed E-state index contributed by atoms with van der Waals surface area (Å²) in [4.78, 5) is 0. The van der Waals surface area contributed by atoms with E-state index in [1.165, 1.54) is 0 Å². The minimum absolute atomic E-state index is 0.606. The standard InChI is InChI=1S/C11H7ClN/c12-10-6-2-3-7-11(10)13-8-4-1-5-9-13/h1-2,4-5,7-9H/q+1. The Hall–Kier alpha value is -1.34. The number of aromatic nitrogens is 1. The molecule has 0 amide bonds. The van der Waals surface area contributed by atoms with Gasteiger partial charge in [-0.05, 0) is 12.1 Å². The van der Waals surface area contributed by atoms with Crippen molar-refractivity contribution in [1.29, 1.82) is 0 Å². The van der Waals surface area contributed by atoms with Gasteiger partial charge in [0.1, 0.15) is 5.02 Å². The van der Waals surface area contributed by atoms with Crippen LogP contribution in [0.4, 0.5) is 0 Å². The highest BCUT2D eigenvalue weighted by Gasteiger charge is 2.08. The molecule has 0 bridgehead atoms. The highest BCUT2D eigenvalue weighted by molar-refractivity contribution is 6.31. The molecule has 2 aromatic rings. The van der Waals surface area contributed by atoms with Gasteiger partial charge in [0.2, 0.25) is 5.69 Å². The number of nitrogens with zero attached hydrogens (tertiary/aromatic N) is 1. The zero-order valence-corrected chi connectivity index (χ0v) is 7.62. The van der Waals surface area contributed by atoms with Crippen LogP contribution >= 0.6 is 11.6 Å². The number of hydrogen-bond acceptors (Lipinski definition) is 0. The smallest absolute Gasteiger partial charge is 0.166 e. The van der Waals surface area contributed by atoms with Crippen LogP contribution < -0.4 is 4.57 Å². The first kappa shape index (κ1) is 8.27. The second kappa shape index (κ2) is 3.58. The number of pyridine rings is 1. The largest absolute Gasteiger partial charge is 0.230 e. The second-order valence-electron chi connectivity index (χ2n) is 2.58. The normalized spacial score (nSPS) is 9.92. The van der Waals surface area contributed by atoms with Gasteiger partial charge >= 0.3 is 0 Å². The molecule has 2 radical (unpaired) electrons. The van der Waals surface area contributed by atoms with E-state index in [-0.39, 0.29) is 0 Å². The second-order valence-corrected chi connectivity index (χ2v) is 2.96. The zero-order chi connectivity index (χ0) is 9.10. The Kier molecular flexibility index (Phi) is 2.28. The average molecular weight is 189 g/mol. The van der Waals surface area contributed by atoms with Crippen molar-refractivity contribution in [3.8, 4) is 5.69 Å². The van der Waals surface area contributed by atoms with E-state index in [0.29, 0.717) is 5.02 Å². The summed E-state index contributed by atoms with van der Waals surface area (Å²) in [6.07, 6.45) is 3.87. The minimum Gasteiger partial charge on any atom is -0.166 e. The lowest BCUT2D eigenvalue weighted by molar-refractivity contribution is -0.595. The Morgan fingerprint density at radius 3 is 2.62 bits per heavy atom. The fraction of sp³-hybridized carbons (Fsp3) is 0. The summed E-state index contributed by atoms with van der Waals surface area (Å²) in [6, 6.07) is 15.2. The van der Waals surface area contributed by atoms with Crippen molar-refractivity contribution in [2.24, 2.45) is 0 Å². The van der Waals surface area contributed by atoms with Gasteiger partial charge in [-0.25, -0.2) is 0 Å². The first-order valence-corrected chi connectivity index (χ1v) is 4.29. The first-order chi connectivity index (χ1) is 6.38. The highest BCUT2D eigenvalue weighted by atomic mass is 35.5. The molecule has 0 atom stereocenters. The maximum absolute atomic E-state index is 5.96. The molecular formula is C11H7ClN+. The lowest BCUT2D eigenvalue weighted by atomic mass is 10.3. The summed E-state index contributed by atoms with van der Waals surface area (Å²) >= 11 is 5.96. The third-order valence-electron chi connectivity index (χ3n) is 1.72. The molecule has 0 aliphatic rings. The maximum Gasteiger partial charge on any atom is 0.230 e. The molecule has 0 saturated carbocycles. The summed E-state index contributed by atoms with van der Waals surface area (Å²) < 4.78 is 1.93. The molecule has 1 aromatic carbocycles. The number of hydrogen-bond donors (Lipinski definition) is 0. The van der Waals surface area contributed by atoms with E-state index in [4.69, 9.17) is 11.6 Å². The summed E-state index contributed by atoms with van der Waals surface area (Å²) in [5.74, 6) is 0. The fourth-order valence-electron chi connectivity index (χ4n) is 1.11. The van der Waals surface area contributed by atoms with Crippen LogP contribution in [-0.4, -0.2) is 0 Å². The lowest BCUT2D eigenvalue weighted by Gasteiger charge is -1.95. The molecule has 62 valence electrons. The van der Waals surface area contributed by atoms with Gasteiger partial charge in [0, 0.05) is 24.3 Å². The van der Waals surface area contributed by atoms with Crippen LogP contribution in [0.5, 0.6) is 0 Å². The Morgan fingerprint density at radius 1 is 1.15 bits per heavy atom. The van der Waals surface area contributed by atoms with E-state index in [2.05, 4.69) is 12.1 Å². The Labute approximate surface area is 82.2 Å². The van der Waals surface area contributed by atoms with Gasteiger partial charge in [-0.2, -0.15) is 4.57 Å². The summed E-state index contributed by atoms with van der Waals surface area (Å²) in [7, 11) is 0. The predicted molar refractivity (Wildman–Crippen MR) is 50.7 cm³/mol. The van der Waals surface area contributed by atoms with E-state index < -0.39 is 0 Å². The highest BCUT2D eigenvalue weighted by Crippen LogP contribution is 2.12. The average Bonchev–Trinajstić information content (AvgIpc) is 2.20. The number of rotatable bonds is 1. The lowest BCUT2D eigenvalue weighted by Crippen LogP contribution is -2.29. The molecule has 1 heterocycles. The molecule has 0 saturated heterocycles. The van der Waals surface area contributed by atoms with Gasteiger partial charge in [-0.1, -0.05) is 17.7 Å². The fourth-order valence-corrected chi connectivity index (χ4v) is 1.32. The monoisotopic (exact) mass is 188 g/mol. The van der Waals surface area contributed by atoms with E-state index in [9.17, 15) is 0 Å². The molecule has 0 unspecified atom stereocenters. The van der Waals surface area contributed by atoms with Gasteiger partial charge in [-0.15, -0.1) is 0 Å². The minimum atomic E-state index is 0.606. The van der Waals surface area contributed by atoms with Crippen LogP contribution in [0.1, 0.15) is 0 Å². The van der Waals surface area contributed by atoms with Crippen molar-refractivity contribution >= 4 is 11.6 Å². The molecule has 0 fully saturated rings. The molecule has 0 aliphatic heterocycles. The van der Waals surface area contributed by atoms with Crippen LogP contribution in [0.2, 0.25) is 5.02 Å². The van der Waals surface area contributed by atoms with E-state index >= 15 is 0 Å². The van der Waals surface area contributed by atoms with Crippen LogP contribution in [0.3, 0.4) is 0 Å². The van der Waals surface area contributed by atoms with Crippen molar-refractivity contribution in [3.63, 3.8) is 0 Å². The Bertz CT molecular complexity index is 398. The van der Waals surface area contributed by atoms with Gasteiger partial charge in [0.05, 0.1) is 0 Å². The van der Waals surface area contributed by atoms with Crippen molar-refractivity contribution in [2.45, 2.75) is 0 Å². The van der Waals surface area contributed by atoms with Crippen LogP contribution in [0, 0.1) is 12.1 Å². The molecule has 0 N–H and O–H groups in total. The Balaban J connectivity index is 2.54. The van der Waals surface area contributed by atoms with Gasteiger partial charge in [0.25, 0.3) is 0 Å². The van der Waals surface area contributed by atoms with Crippen molar-refractivity contribution < 1.29 is 4.57 Å². The third-order valence-corrected chi connectivity index (χ3v) is 2.02. The zero-order valence-electron chi connectivity index (χ0n) is 6.87. The van der Waals surface area contributed by atoms with Crippen LogP contribution in [0.25, 0.3) is 5.69 Å². The summed E-state index contributed by atoms with van der Waals surface area (Å²) in [5.41, 5.74) is 0.893. The van der Waals surface area contributed by atoms with Gasteiger partial charge in [0.15, 0.2) is 12.4 Å². The van der Waals surface area contributed by atoms with Crippen LogP contribution in [-0.2, 0) is 0 Å². The topological polar surface area (TPSA) is 3.88 Å². The molecule has 0 aliphatic carbocycles. The van der Waals surface area contributed by atoms with E-state index in [1.54, 1.807) is 6.07 Å². The van der Waals surface area contributed by atoms with Gasteiger partial charge < -0.3 is 0 Å². The summed E-state index contributed by atoms with van der Waals surface area (Å²) in [6.45, 7) is 0. The molecule has 0 spiro atoms. The first-order valence-electron chi connectivity index (χ1n) is 3.92. The van der Waals surface area contributed by atoms with E-state index in [0.717, 1.165) is 5.69 Å². The third kappa shape index (κ3) is 1.70. The van der Waals surface area contributed by atoms with Crippen LogP contribution in [0.15, 0.2) is 42.7 Å². The maximum atomic E-state index is 5.96. The number of halogens is 1. The number of benzene rings is 1. The molecule has 2 heteroatoms. The molecule has 1 nitrogen and oxygen atoms in total. The van der Waals surface area contributed by atoms with Gasteiger partial charge in [-0.3, -0.25) is 0 Å². The Morgan fingerprint density at radius 2 is 1.92 bits per heavy atom. The summed E-state index contributed by atoms with van der Waals surface area (Å²) in [5, 5.41) is 0.606. The SMILES string of the molecule is Clc1[c]c[c]cc1-[n+]1ccccc1. The molecule has 2 rings (SSSR count).